The van der Waals surface area contributed by atoms with Gasteiger partial charge in [0.25, 0.3) is 11.8 Å². The molecule has 1 aliphatic carbocycles. The van der Waals surface area contributed by atoms with Crippen LogP contribution in [0.15, 0.2) is 28.8 Å². The summed E-state index contributed by atoms with van der Waals surface area (Å²) in [7, 11) is 0. The highest BCUT2D eigenvalue weighted by molar-refractivity contribution is 6.20. The third-order valence-electron chi connectivity index (χ3n) is 4.15. The van der Waals surface area contributed by atoms with E-state index in [1.165, 1.54) is 12.1 Å². The topological polar surface area (TPSA) is 103 Å². The molecule has 0 N–H and O–H groups in total. The van der Waals surface area contributed by atoms with Crippen molar-refractivity contribution in [3.63, 3.8) is 0 Å². The SMILES string of the molecule is O=C(CCCc1nc(C2CC2)no1)ON1C(=O)c2ccccc2C1=O. The maximum atomic E-state index is 12.1. The lowest BCUT2D eigenvalue weighted by Crippen LogP contribution is -2.32. The fourth-order valence-corrected chi connectivity index (χ4v) is 2.66. The molecule has 128 valence electrons. The summed E-state index contributed by atoms with van der Waals surface area (Å²) in [6, 6.07) is 6.35. The van der Waals surface area contributed by atoms with Crippen LogP contribution in [0.3, 0.4) is 0 Å². The van der Waals surface area contributed by atoms with Crippen molar-refractivity contribution < 1.29 is 23.7 Å². The molecule has 1 aromatic heterocycles. The number of fused-ring (bicyclic) bond motifs is 1. The number of carbonyl (C=O) groups is 3. The molecule has 4 rings (SSSR count). The third-order valence-corrected chi connectivity index (χ3v) is 4.15. The van der Waals surface area contributed by atoms with Gasteiger partial charge < -0.3 is 9.36 Å². The molecule has 0 atom stereocenters. The van der Waals surface area contributed by atoms with Crippen LogP contribution in [0.5, 0.6) is 0 Å². The van der Waals surface area contributed by atoms with E-state index in [0.29, 0.717) is 29.7 Å². The minimum atomic E-state index is -0.656. The summed E-state index contributed by atoms with van der Waals surface area (Å²) in [5.41, 5.74) is 0.470. The number of hydroxylamine groups is 2. The third kappa shape index (κ3) is 3.02. The molecule has 0 bridgehead atoms. The van der Waals surface area contributed by atoms with E-state index in [9.17, 15) is 14.4 Å². The van der Waals surface area contributed by atoms with Crippen LogP contribution in [0.4, 0.5) is 0 Å². The first-order valence-corrected chi connectivity index (χ1v) is 8.14. The van der Waals surface area contributed by atoms with Crippen LogP contribution >= 0.6 is 0 Å². The number of aryl methyl sites for hydroxylation is 1. The Bertz CT molecular complexity index is 820. The van der Waals surface area contributed by atoms with Gasteiger partial charge >= 0.3 is 5.97 Å². The van der Waals surface area contributed by atoms with E-state index in [2.05, 4.69) is 10.1 Å². The van der Waals surface area contributed by atoms with E-state index < -0.39 is 17.8 Å². The van der Waals surface area contributed by atoms with Crippen LogP contribution in [-0.2, 0) is 16.1 Å². The first-order chi connectivity index (χ1) is 12.1. The summed E-state index contributed by atoms with van der Waals surface area (Å²) in [5.74, 6) is -0.286. The number of amides is 2. The van der Waals surface area contributed by atoms with Gasteiger partial charge in [0.1, 0.15) is 0 Å². The average molecular weight is 341 g/mol. The normalized spacial score (nSPS) is 16.2. The van der Waals surface area contributed by atoms with Crippen molar-refractivity contribution in [3.8, 4) is 0 Å². The molecule has 0 unspecified atom stereocenters. The highest BCUT2D eigenvalue weighted by atomic mass is 16.7. The lowest BCUT2D eigenvalue weighted by atomic mass is 10.1. The summed E-state index contributed by atoms with van der Waals surface area (Å²) in [5, 5.41) is 4.42. The molecular weight excluding hydrogens is 326 g/mol. The fourth-order valence-electron chi connectivity index (χ4n) is 2.66. The van der Waals surface area contributed by atoms with Gasteiger partial charge in [-0.3, -0.25) is 9.59 Å². The summed E-state index contributed by atoms with van der Waals surface area (Å²) < 4.78 is 5.13. The molecule has 1 aromatic carbocycles. The molecule has 2 amide bonds. The Balaban J connectivity index is 1.29. The highest BCUT2D eigenvalue weighted by Gasteiger charge is 2.38. The molecule has 0 radical (unpaired) electrons. The number of hydrogen-bond acceptors (Lipinski definition) is 7. The number of imide groups is 1. The predicted octanol–water partition coefficient (Wildman–Crippen LogP) is 2.02. The quantitative estimate of drug-likeness (QED) is 0.741. The van der Waals surface area contributed by atoms with E-state index in [1.807, 2.05) is 0 Å². The summed E-state index contributed by atoms with van der Waals surface area (Å²) in [4.78, 5) is 45.3. The molecule has 1 aliphatic heterocycles. The van der Waals surface area contributed by atoms with Crippen LogP contribution < -0.4 is 0 Å². The van der Waals surface area contributed by atoms with Gasteiger partial charge in [0.15, 0.2) is 5.82 Å². The molecule has 1 fully saturated rings. The Hall–Kier alpha value is -3.03. The fraction of sp³-hybridized carbons (Fsp3) is 0.353. The van der Waals surface area contributed by atoms with Crippen molar-refractivity contribution in [1.82, 2.24) is 15.2 Å². The zero-order chi connectivity index (χ0) is 17.4. The number of nitrogens with zero attached hydrogens (tertiary/aromatic N) is 3. The summed E-state index contributed by atoms with van der Waals surface area (Å²) >= 11 is 0. The van der Waals surface area contributed by atoms with Gasteiger partial charge in [-0.25, -0.2) is 4.79 Å². The summed E-state index contributed by atoms with van der Waals surface area (Å²) in [6.45, 7) is 0. The van der Waals surface area contributed by atoms with Gasteiger partial charge in [0.2, 0.25) is 5.89 Å². The van der Waals surface area contributed by atoms with Crippen molar-refractivity contribution in [2.45, 2.75) is 38.0 Å². The van der Waals surface area contributed by atoms with Gasteiger partial charge in [-0.15, -0.1) is 0 Å². The van der Waals surface area contributed by atoms with Crippen LogP contribution in [0.1, 0.15) is 64.0 Å². The number of aromatic nitrogens is 2. The number of benzene rings is 1. The minimum absolute atomic E-state index is 0.0363. The molecule has 25 heavy (non-hydrogen) atoms. The Morgan fingerprint density at radius 1 is 1.20 bits per heavy atom. The standard InChI is InChI=1S/C17H15N3O5/c21-14(7-3-6-13-18-15(19-24-13)10-8-9-10)25-20-16(22)11-4-1-2-5-12(11)17(20)23/h1-2,4-5,10H,3,6-9H2. The van der Waals surface area contributed by atoms with Crippen molar-refractivity contribution in [2.75, 3.05) is 0 Å². The maximum absolute atomic E-state index is 12.1. The first-order valence-electron chi connectivity index (χ1n) is 8.14. The lowest BCUT2D eigenvalue weighted by Gasteiger charge is -2.12. The highest BCUT2D eigenvalue weighted by Crippen LogP contribution is 2.38. The van der Waals surface area contributed by atoms with Gasteiger partial charge in [0.05, 0.1) is 11.1 Å². The molecule has 8 heteroatoms. The second kappa shape index (κ2) is 6.12. The van der Waals surface area contributed by atoms with Gasteiger partial charge in [0, 0.05) is 18.8 Å². The van der Waals surface area contributed by atoms with Crippen molar-refractivity contribution in [3.05, 3.63) is 47.1 Å². The van der Waals surface area contributed by atoms with Crippen LogP contribution in [0.25, 0.3) is 0 Å². The zero-order valence-electron chi connectivity index (χ0n) is 13.3. The molecular formula is C17H15N3O5. The van der Waals surface area contributed by atoms with Gasteiger partial charge in [-0.2, -0.15) is 4.98 Å². The molecule has 1 saturated carbocycles. The Kier molecular flexibility index (Phi) is 3.79. The average Bonchev–Trinajstić information content (AvgIpc) is 3.32. The predicted molar refractivity (Wildman–Crippen MR) is 82.2 cm³/mol. The molecule has 2 aliphatic rings. The second-order valence-electron chi connectivity index (χ2n) is 6.09. The van der Waals surface area contributed by atoms with Crippen LogP contribution in [0.2, 0.25) is 0 Å². The molecule has 2 heterocycles. The van der Waals surface area contributed by atoms with Crippen LogP contribution in [0, 0.1) is 0 Å². The zero-order valence-corrected chi connectivity index (χ0v) is 13.3. The number of rotatable bonds is 6. The number of carbonyl (C=O) groups excluding carboxylic acids is 3. The largest absolute Gasteiger partial charge is 0.339 e. The number of hydrogen-bond donors (Lipinski definition) is 0. The Morgan fingerprint density at radius 3 is 2.52 bits per heavy atom. The van der Waals surface area contributed by atoms with Crippen molar-refractivity contribution in [2.24, 2.45) is 0 Å². The van der Waals surface area contributed by atoms with E-state index in [1.54, 1.807) is 12.1 Å². The maximum Gasteiger partial charge on any atom is 0.333 e. The van der Waals surface area contributed by atoms with Gasteiger partial charge in [-0.1, -0.05) is 22.4 Å². The van der Waals surface area contributed by atoms with Crippen LogP contribution in [-0.4, -0.2) is 33.0 Å². The van der Waals surface area contributed by atoms with E-state index in [4.69, 9.17) is 9.36 Å². The van der Waals surface area contributed by atoms with E-state index in [0.717, 1.165) is 18.7 Å². The monoisotopic (exact) mass is 341 g/mol. The van der Waals surface area contributed by atoms with Gasteiger partial charge in [-0.05, 0) is 31.4 Å². The molecule has 0 spiro atoms. The van der Waals surface area contributed by atoms with E-state index >= 15 is 0 Å². The smallest absolute Gasteiger partial charge is 0.333 e. The molecule has 2 aromatic rings. The Labute approximate surface area is 142 Å². The minimum Gasteiger partial charge on any atom is -0.339 e. The first kappa shape index (κ1) is 15.5. The second-order valence-corrected chi connectivity index (χ2v) is 6.09. The molecule has 0 saturated heterocycles. The lowest BCUT2D eigenvalue weighted by molar-refractivity contribution is -0.168. The van der Waals surface area contributed by atoms with Crippen molar-refractivity contribution in [1.29, 1.82) is 0 Å². The summed E-state index contributed by atoms with van der Waals surface area (Å²) in [6.07, 6.45) is 3.08. The molecule has 8 nitrogen and oxygen atoms in total. The Morgan fingerprint density at radius 2 is 1.88 bits per heavy atom. The van der Waals surface area contributed by atoms with Crippen molar-refractivity contribution >= 4 is 17.8 Å². The van der Waals surface area contributed by atoms with E-state index in [-0.39, 0.29) is 17.5 Å².